The standard InChI is InChI=1S/C14H14.3CH4/c1-11-8-12(2)10-14(9-11)13-6-4-3-5-7-13;;;/h3-10H,1-2H3;3*1H4. The molecule has 0 heterocycles. The monoisotopic (exact) mass is 230 g/mol. The van der Waals surface area contributed by atoms with Crippen LogP contribution in [0.2, 0.25) is 0 Å². The van der Waals surface area contributed by atoms with Gasteiger partial charge in [-0.15, -0.1) is 0 Å². The predicted octanol–water partition coefficient (Wildman–Crippen LogP) is 5.88. The summed E-state index contributed by atoms with van der Waals surface area (Å²) in [6, 6.07) is 17.1. The maximum absolute atomic E-state index is 2.22. The van der Waals surface area contributed by atoms with Crippen LogP contribution < -0.4 is 0 Å². The zero-order valence-electron chi connectivity index (χ0n) is 8.62. The van der Waals surface area contributed by atoms with E-state index in [1.807, 2.05) is 6.07 Å². The zero-order chi connectivity index (χ0) is 9.97. The van der Waals surface area contributed by atoms with Gasteiger partial charge in [0.05, 0.1) is 0 Å². The molecule has 0 heteroatoms. The van der Waals surface area contributed by atoms with E-state index in [2.05, 4.69) is 56.3 Å². The third-order valence-electron chi connectivity index (χ3n) is 2.33. The van der Waals surface area contributed by atoms with E-state index >= 15 is 0 Å². The molecule has 0 unspecified atom stereocenters. The lowest BCUT2D eigenvalue weighted by atomic mass is 10.0. The molecule has 0 saturated heterocycles. The van der Waals surface area contributed by atoms with Gasteiger partial charge in [-0.1, -0.05) is 81.9 Å². The smallest absolute Gasteiger partial charge is 0.0179 e. The SMILES string of the molecule is C.C.C.Cc1cc(C)cc(-c2ccccc2)c1. The van der Waals surface area contributed by atoms with E-state index in [0.29, 0.717) is 0 Å². The minimum atomic E-state index is 0. The molecule has 0 nitrogen and oxygen atoms in total. The van der Waals surface area contributed by atoms with Crippen molar-refractivity contribution < 1.29 is 0 Å². The molecular weight excluding hydrogens is 204 g/mol. The molecule has 0 spiro atoms. The highest BCUT2D eigenvalue weighted by atomic mass is 14.0. The summed E-state index contributed by atoms with van der Waals surface area (Å²) in [5, 5.41) is 0. The van der Waals surface area contributed by atoms with Gasteiger partial charge in [-0.2, -0.15) is 0 Å². The van der Waals surface area contributed by atoms with Crippen molar-refractivity contribution in [3.63, 3.8) is 0 Å². The van der Waals surface area contributed by atoms with Gasteiger partial charge in [0.1, 0.15) is 0 Å². The summed E-state index contributed by atoms with van der Waals surface area (Å²) >= 11 is 0. The summed E-state index contributed by atoms with van der Waals surface area (Å²) in [5.41, 5.74) is 5.25. The maximum atomic E-state index is 2.22. The molecule has 17 heavy (non-hydrogen) atoms. The van der Waals surface area contributed by atoms with Crippen molar-refractivity contribution in [3.05, 3.63) is 59.7 Å². The van der Waals surface area contributed by atoms with E-state index < -0.39 is 0 Å². The van der Waals surface area contributed by atoms with E-state index in [0.717, 1.165) is 0 Å². The summed E-state index contributed by atoms with van der Waals surface area (Å²) in [6.45, 7) is 4.28. The molecule has 0 radical (unpaired) electrons. The van der Waals surface area contributed by atoms with Crippen molar-refractivity contribution in [1.82, 2.24) is 0 Å². The fourth-order valence-electron chi connectivity index (χ4n) is 1.77. The van der Waals surface area contributed by atoms with Crippen molar-refractivity contribution in [2.75, 3.05) is 0 Å². The second kappa shape index (κ2) is 7.67. The van der Waals surface area contributed by atoms with Crippen LogP contribution in [0.1, 0.15) is 33.4 Å². The first-order valence-electron chi connectivity index (χ1n) is 4.89. The van der Waals surface area contributed by atoms with E-state index in [-0.39, 0.29) is 22.3 Å². The Balaban J connectivity index is 0. The van der Waals surface area contributed by atoms with Gasteiger partial charge in [0.15, 0.2) is 0 Å². The second-order valence-corrected chi connectivity index (χ2v) is 3.74. The molecule has 0 aliphatic heterocycles. The molecule has 2 aromatic rings. The molecule has 0 aliphatic carbocycles. The van der Waals surface area contributed by atoms with Gasteiger partial charge >= 0.3 is 0 Å². The fraction of sp³-hybridized carbons (Fsp3) is 0.294. The zero-order valence-corrected chi connectivity index (χ0v) is 8.62. The molecule has 0 fully saturated rings. The van der Waals surface area contributed by atoms with Gasteiger partial charge in [-0.25, -0.2) is 0 Å². The predicted molar refractivity (Wildman–Crippen MR) is 81.5 cm³/mol. The second-order valence-electron chi connectivity index (χ2n) is 3.74. The molecule has 0 N–H and O–H groups in total. The first-order chi connectivity index (χ1) is 6.75. The van der Waals surface area contributed by atoms with Crippen molar-refractivity contribution >= 4 is 0 Å². The van der Waals surface area contributed by atoms with Crippen molar-refractivity contribution in [3.8, 4) is 11.1 Å². The van der Waals surface area contributed by atoms with E-state index in [1.165, 1.54) is 22.3 Å². The molecule has 0 amide bonds. The van der Waals surface area contributed by atoms with Crippen LogP contribution in [-0.2, 0) is 0 Å². The molecule has 0 aromatic heterocycles. The lowest BCUT2D eigenvalue weighted by Crippen LogP contribution is -1.81. The minimum Gasteiger partial charge on any atom is -0.0776 e. The van der Waals surface area contributed by atoms with Crippen LogP contribution in [0.25, 0.3) is 11.1 Å². The topological polar surface area (TPSA) is 0 Å². The molecular formula is C17H26. The first kappa shape index (κ1) is 17.8. The largest absolute Gasteiger partial charge is 0.0776 e. The third-order valence-corrected chi connectivity index (χ3v) is 2.33. The van der Waals surface area contributed by atoms with Gasteiger partial charge < -0.3 is 0 Å². The Bertz CT molecular complexity index is 407. The lowest BCUT2D eigenvalue weighted by molar-refractivity contribution is 1.38. The molecule has 0 bridgehead atoms. The van der Waals surface area contributed by atoms with Crippen molar-refractivity contribution in [1.29, 1.82) is 0 Å². The third kappa shape index (κ3) is 4.44. The van der Waals surface area contributed by atoms with Crippen LogP contribution in [0.15, 0.2) is 48.5 Å². The van der Waals surface area contributed by atoms with E-state index in [4.69, 9.17) is 0 Å². The average molecular weight is 230 g/mol. The minimum absolute atomic E-state index is 0. The first-order valence-corrected chi connectivity index (χ1v) is 4.89. The van der Waals surface area contributed by atoms with E-state index in [1.54, 1.807) is 0 Å². The van der Waals surface area contributed by atoms with Crippen LogP contribution in [0.3, 0.4) is 0 Å². The van der Waals surface area contributed by atoms with Gasteiger partial charge in [-0.3, -0.25) is 0 Å². The summed E-state index contributed by atoms with van der Waals surface area (Å²) < 4.78 is 0. The summed E-state index contributed by atoms with van der Waals surface area (Å²) in [6.07, 6.45) is 0. The number of hydrogen-bond acceptors (Lipinski definition) is 0. The Hall–Kier alpha value is -1.56. The average Bonchev–Trinajstić information content (AvgIpc) is 2.18. The van der Waals surface area contributed by atoms with Crippen molar-refractivity contribution in [2.24, 2.45) is 0 Å². The number of hydrogen-bond donors (Lipinski definition) is 0. The molecule has 0 atom stereocenters. The molecule has 2 rings (SSSR count). The normalized spacial score (nSPS) is 8.35. The fourth-order valence-corrected chi connectivity index (χ4v) is 1.77. The molecule has 0 aliphatic rings. The lowest BCUT2D eigenvalue weighted by Gasteiger charge is -2.04. The van der Waals surface area contributed by atoms with Crippen LogP contribution in [0, 0.1) is 13.8 Å². The highest BCUT2D eigenvalue weighted by molar-refractivity contribution is 5.64. The Morgan fingerprint density at radius 1 is 0.588 bits per heavy atom. The van der Waals surface area contributed by atoms with Crippen LogP contribution in [0.5, 0.6) is 0 Å². The van der Waals surface area contributed by atoms with Gasteiger partial charge in [0, 0.05) is 0 Å². The summed E-state index contributed by atoms with van der Waals surface area (Å²) in [4.78, 5) is 0. The van der Waals surface area contributed by atoms with Gasteiger partial charge in [0.25, 0.3) is 0 Å². The van der Waals surface area contributed by atoms with Crippen LogP contribution >= 0.6 is 0 Å². The number of aryl methyl sites for hydroxylation is 2. The Morgan fingerprint density at radius 3 is 1.53 bits per heavy atom. The Kier molecular flexibility index (Phi) is 8.04. The molecule has 0 saturated carbocycles. The highest BCUT2D eigenvalue weighted by Crippen LogP contribution is 2.21. The van der Waals surface area contributed by atoms with Crippen molar-refractivity contribution in [2.45, 2.75) is 36.1 Å². The van der Waals surface area contributed by atoms with E-state index in [9.17, 15) is 0 Å². The Morgan fingerprint density at radius 2 is 1.06 bits per heavy atom. The summed E-state index contributed by atoms with van der Waals surface area (Å²) in [7, 11) is 0. The van der Waals surface area contributed by atoms with Crippen LogP contribution in [-0.4, -0.2) is 0 Å². The molecule has 2 aromatic carbocycles. The quantitative estimate of drug-likeness (QED) is 0.574. The van der Waals surface area contributed by atoms with Gasteiger partial charge in [-0.05, 0) is 25.0 Å². The number of benzene rings is 2. The van der Waals surface area contributed by atoms with Gasteiger partial charge in [0.2, 0.25) is 0 Å². The Labute approximate surface area is 107 Å². The highest BCUT2D eigenvalue weighted by Gasteiger charge is 1.97. The summed E-state index contributed by atoms with van der Waals surface area (Å²) in [5.74, 6) is 0. The molecule has 94 valence electrons. The number of rotatable bonds is 1. The maximum Gasteiger partial charge on any atom is -0.0179 e. The van der Waals surface area contributed by atoms with Crippen LogP contribution in [0.4, 0.5) is 0 Å².